The number of hydrazine groups is 1. The van der Waals surface area contributed by atoms with Crippen LogP contribution in [0.4, 0.5) is 11.8 Å². The van der Waals surface area contributed by atoms with Crippen LogP contribution < -0.4 is 20.9 Å². The third kappa shape index (κ3) is 5.56. The Kier molecular flexibility index (Phi) is 8.07. The van der Waals surface area contributed by atoms with Crippen molar-refractivity contribution < 1.29 is 18.8 Å². The number of rotatable bonds is 8. The van der Waals surface area contributed by atoms with Crippen LogP contribution in [0.2, 0.25) is 0 Å². The molecule has 1 amide bonds. The predicted octanol–water partition coefficient (Wildman–Crippen LogP) is 3.04. The second-order valence-electron chi connectivity index (χ2n) is 12.7. The Labute approximate surface area is 270 Å². The number of aromatic nitrogens is 5. The fourth-order valence-corrected chi connectivity index (χ4v) is 7.67. The van der Waals surface area contributed by atoms with Gasteiger partial charge < -0.3 is 24.9 Å². The third-order valence-electron chi connectivity index (χ3n) is 9.59. The number of pyridine rings is 1. The lowest BCUT2D eigenvalue weighted by Gasteiger charge is -2.56. The molecule has 0 radical (unpaired) electrons. The summed E-state index contributed by atoms with van der Waals surface area (Å²) in [6.45, 7) is 6.68. The first kappa shape index (κ1) is 30.4. The number of carbonyl (C=O) groups excluding carboxylic acids is 2. The number of anilines is 2. The summed E-state index contributed by atoms with van der Waals surface area (Å²) in [4.78, 5) is 46.8. The van der Waals surface area contributed by atoms with Crippen LogP contribution in [-0.2, 0) is 16.1 Å². The van der Waals surface area contributed by atoms with Crippen LogP contribution >= 0.6 is 11.8 Å². The van der Waals surface area contributed by atoms with Crippen molar-refractivity contribution in [3.63, 3.8) is 0 Å². The van der Waals surface area contributed by atoms with Gasteiger partial charge in [-0.2, -0.15) is 16.7 Å². The van der Waals surface area contributed by atoms with E-state index in [1.165, 1.54) is 18.2 Å². The molecule has 14 nitrogen and oxygen atoms in total. The lowest BCUT2D eigenvalue weighted by molar-refractivity contribution is -0.137. The number of piperazine rings is 1. The van der Waals surface area contributed by atoms with Crippen molar-refractivity contribution in [2.75, 3.05) is 35.5 Å². The SMILES string of the molecule is CSCC1C(N)C(=O)Oc2noc(n2)-c2ccc3nc([nH]c3c2)N1Nc1cc(CN2CCN(C=O)C(C3CCC3)C2(C)C)ccn1. The minimum Gasteiger partial charge on any atom is -0.388 e. The van der Waals surface area contributed by atoms with E-state index in [2.05, 4.69) is 44.3 Å². The lowest BCUT2D eigenvalue weighted by atomic mass is 9.70. The van der Waals surface area contributed by atoms with Crippen molar-refractivity contribution >= 4 is 46.9 Å². The van der Waals surface area contributed by atoms with Gasteiger partial charge in [-0.15, -0.1) is 0 Å². The molecule has 1 aliphatic carbocycles. The molecule has 242 valence electrons. The zero-order chi connectivity index (χ0) is 32.0. The first-order valence-electron chi connectivity index (χ1n) is 15.5. The van der Waals surface area contributed by atoms with Gasteiger partial charge in [-0.1, -0.05) is 6.42 Å². The summed E-state index contributed by atoms with van der Waals surface area (Å²) in [6.07, 6.45) is 8.29. The van der Waals surface area contributed by atoms with Gasteiger partial charge in [0.1, 0.15) is 11.9 Å². The van der Waals surface area contributed by atoms with Gasteiger partial charge in [-0.25, -0.2) is 19.8 Å². The topological polar surface area (TPSA) is 172 Å². The van der Waals surface area contributed by atoms with E-state index in [-0.39, 0.29) is 23.5 Å². The molecule has 5 heterocycles. The number of hydrogen-bond acceptors (Lipinski definition) is 13. The van der Waals surface area contributed by atoms with Crippen LogP contribution in [-0.4, -0.2) is 96.0 Å². The lowest BCUT2D eigenvalue weighted by Crippen LogP contribution is -2.67. The highest BCUT2D eigenvalue weighted by Gasteiger charge is 2.47. The number of nitrogens with zero attached hydrogens (tertiary/aromatic N) is 7. The van der Waals surface area contributed by atoms with Gasteiger partial charge in [0.25, 0.3) is 5.89 Å². The average molecular weight is 647 g/mol. The van der Waals surface area contributed by atoms with E-state index in [0.717, 1.165) is 36.9 Å². The van der Waals surface area contributed by atoms with Crippen LogP contribution in [0.1, 0.15) is 38.7 Å². The molecule has 15 heteroatoms. The summed E-state index contributed by atoms with van der Waals surface area (Å²) in [7, 11) is 0. The smallest absolute Gasteiger partial charge is 0.362 e. The Morgan fingerprint density at radius 2 is 2.04 bits per heavy atom. The van der Waals surface area contributed by atoms with Crippen molar-refractivity contribution in [3.8, 4) is 17.5 Å². The van der Waals surface area contributed by atoms with Crippen LogP contribution in [0.15, 0.2) is 41.1 Å². The van der Waals surface area contributed by atoms with E-state index in [4.69, 9.17) is 20.0 Å². The summed E-state index contributed by atoms with van der Waals surface area (Å²) >= 11 is 1.53. The molecule has 2 fully saturated rings. The molecule has 0 spiro atoms. The van der Waals surface area contributed by atoms with Crippen LogP contribution in [0.5, 0.6) is 6.01 Å². The average Bonchev–Trinajstić information content (AvgIpc) is 3.66. The highest BCUT2D eigenvalue weighted by Crippen LogP contribution is 2.41. The van der Waals surface area contributed by atoms with E-state index >= 15 is 0 Å². The summed E-state index contributed by atoms with van der Waals surface area (Å²) in [5, 5.41) is 5.57. The van der Waals surface area contributed by atoms with Crippen LogP contribution in [0.25, 0.3) is 22.5 Å². The number of esters is 1. The molecule has 3 unspecified atom stereocenters. The molecule has 3 aliphatic rings. The fourth-order valence-electron chi connectivity index (χ4n) is 6.97. The highest BCUT2D eigenvalue weighted by atomic mass is 32.2. The molecule has 46 heavy (non-hydrogen) atoms. The Morgan fingerprint density at radius 1 is 1.20 bits per heavy atom. The number of carbonyl (C=O) groups is 2. The fraction of sp³-hybridized carbons (Fsp3) is 0.484. The standard InChI is InChI=1S/C31H38N10O4S/c1-31(2)26(19-5-4-6-19)39(17-42)11-12-40(31)15-18-9-10-33-24(13-18)37-41-23(16-46-3)25(32)28(43)44-30-36-27(45-38-30)20-7-8-21-22(14-20)35-29(41)34-21/h7-10,13-14,17,19,23,25-26H,4-6,11-12,15-16,32H2,1-3H3,(H,33,37)(H,34,35). The summed E-state index contributed by atoms with van der Waals surface area (Å²) in [6, 6.07) is 7.80. The number of ether oxygens (including phenoxy) is 1. The van der Waals surface area contributed by atoms with Crippen molar-refractivity contribution in [2.45, 2.75) is 63.3 Å². The minimum atomic E-state index is -1.10. The number of fused-ring (bicyclic) bond motifs is 5. The maximum Gasteiger partial charge on any atom is 0.362 e. The van der Waals surface area contributed by atoms with Crippen molar-refractivity contribution in [2.24, 2.45) is 11.7 Å². The largest absolute Gasteiger partial charge is 0.388 e. The van der Waals surface area contributed by atoms with Gasteiger partial charge >= 0.3 is 12.0 Å². The maximum absolute atomic E-state index is 13.3. The quantitative estimate of drug-likeness (QED) is 0.189. The number of H-pyrrole nitrogens is 1. The summed E-state index contributed by atoms with van der Waals surface area (Å²) < 4.78 is 10.8. The van der Waals surface area contributed by atoms with E-state index in [9.17, 15) is 9.59 Å². The number of amides is 1. The molecule has 7 rings (SSSR count). The van der Waals surface area contributed by atoms with Gasteiger partial charge in [0, 0.05) is 42.7 Å². The Balaban J connectivity index is 1.20. The normalized spacial score (nSPS) is 23.5. The van der Waals surface area contributed by atoms with E-state index in [1.807, 2.05) is 41.5 Å². The third-order valence-corrected chi connectivity index (χ3v) is 10.3. The number of thioether (sulfide) groups is 1. The minimum absolute atomic E-state index is 0.180. The Bertz CT molecular complexity index is 1740. The molecule has 4 aromatic rings. The Morgan fingerprint density at radius 3 is 2.80 bits per heavy atom. The predicted molar refractivity (Wildman–Crippen MR) is 174 cm³/mol. The zero-order valence-electron chi connectivity index (χ0n) is 26.0. The van der Waals surface area contributed by atoms with Gasteiger partial charge in [-0.05, 0) is 79.9 Å². The number of hydrogen-bond donors (Lipinski definition) is 3. The monoisotopic (exact) mass is 646 g/mol. The molecule has 1 saturated carbocycles. The first-order chi connectivity index (χ1) is 22.2. The van der Waals surface area contributed by atoms with E-state index in [1.54, 1.807) is 11.2 Å². The zero-order valence-corrected chi connectivity index (χ0v) is 26.9. The maximum atomic E-state index is 13.3. The first-order valence-corrected chi connectivity index (χ1v) is 16.9. The number of nitrogens with one attached hydrogen (secondary N) is 2. The van der Waals surface area contributed by atoms with E-state index in [0.29, 0.717) is 47.6 Å². The van der Waals surface area contributed by atoms with Gasteiger partial charge in [0.15, 0.2) is 0 Å². The van der Waals surface area contributed by atoms with E-state index < -0.39 is 18.1 Å². The number of nitrogens with two attached hydrogens (primary N) is 1. The van der Waals surface area contributed by atoms with Crippen molar-refractivity contribution in [1.29, 1.82) is 0 Å². The molecule has 4 N–H and O–H groups in total. The van der Waals surface area contributed by atoms with Crippen molar-refractivity contribution in [1.82, 2.24) is 34.9 Å². The van der Waals surface area contributed by atoms with Gasteiger partial charge in [0.05, 0.1) is 23.1 Å². The number of imidazole rings is 1. The molecule has 1 aromatic carbocycles. The highest BCUT2D eigenvalue weighted by molar-refractivity contribution is 7.98. The van der Waals surface area contributed by atoms with Crippen LogP contribution in [0.3, 0.4) is 0 Å². The molecule has 3 atom stereocenters. The van der Waals surface area contributed by atoms with Gasteiger partial charge in [-0.3, -0.25) is 15.1 Å². The molecular formula is C31H38N10O4S. The molecular weight excluding hydrogens is 608 g/mol. The Hall–Kier alpha value is -4.21. The second kappa shape index (κ2) is 12.2. The van der Waals surface area contributed by atoms with Crippen LogP contribution in [0, 0.1) is 5.92 Å². The second-order valence-corrected chi connectivity index (χ2v) is 13.6. The van der Waals surface area contributed by atoms with Crippen molar-refractivity contribution in [3.05, 3.63) is 42.1 Å². The molecule has 2 aliphatic heterocycles. The summed E-state index contributed by atoms with van der Waals surface area (Å²) in [5.74, 6) is 1.52. The summed E-state index contributed by atoms with van der Waals surface area (Å²) in [5.41, 5.74) is 13.0. The molecule has 1 saturated heterocycles. The molecule has 3 aromatic heterocycles. The number of aromatic amines is 1. The van der Waals surface area contributed by atoms with Gasteiger partial charge in [0.2, 0.25) is 12.4 Å². The number of benzene rings is 1. The molecule has 5 bridgehead atoms.